The molecule has 47 heavy (non-hydrogen) atoms. The van der Waals surface area contributed by atoms with E-state index < -0.39 is 15.6 Å². The number of allylic oxidation sites excluding steroid dienone is 4. The van der Waals surface area contributed by atoms with Gasteiger partial charge in [0.2, 0.25) is 12.2 Å². The van der Waals surface area contributed by atoms with Gasteiger partial charge in [-0.2, -0.15) is 17.7 Å². The highest BCUT2D eigenvalue weighted by Crippen LogP contribution is 2.50. The molecule has 240 valence electrons. The Hall–Kier alpha value is -4.83. The van der Waals surface area contributed by atoms with Crippen molar-refractivity contribution in [3.8, 4) is 24.7 Å². The third kappa shape index (κ3) is 5.82. The summed E-state index contributed by atoms with van der Waals surface area (Å²) in [4.78, 5) is 2.29. The van der Waals surface area contributed by atoms with E-state index in [9.17, 15) is 13.2 Å². The molecule has 0 fully saturated rings. The number of terminal acetylenes is 2. The quantitative estimate of drug-likeness (QED) is 0.0971. The molecule has 5 nitrogen and oxygen atoms in total. The van der Waals surface area contributed by atoms with Crippen LogP contribution in [-0.4, -0.2) is 41.9 Å². The Balaban J connectivity index is 0.000000483. The fraction of sp³-hybridized carbons (Fsp3) is 0.237. The molecule has 0 unspecified atom stereocenters. The number of halogens is 3. The Morgan fingerprint density at radius 1 is 0.851 bits per heavy atom. The van der Waals surface area contributed by atoms with Crippen molar-refractivity contribution >= 4 is 48.7 Å². The lowest BCUT2D eigenvalue weighted by Gasteiger charge is -2.25. The van der Waals surface area contributed by atoms with E-state index in [1.807, 2.05) is 0 Å². The highest BCUT2D eigenvalue weighted by atomic mass is 32.2. The number of rotatable bonds is 4. The second-order valence-electron chi connectivity index (χ2n) is 12.4. The zero-order chi connectivity index (χ0) is 34.4. The highest BCUT2D eigenvalue weighted by Gasteiger charge is 2.45. The van der Waals surface area contributed by atoms with Crippen LogP contribution in [0, 0.1) is 24.7 Å². The molecule has 0 aromatic heterocycles. The van der Waals surface area contributed by atoms with Gasteiger partial charge in [0.05, 0.1) is 12.0 Å². The van der Waals surface area contributed by atoms with Gasteiger partial charge in [0.1, 0.15) is 0 Å². The number of fused-ring (bicyclic) bond motifs is 6. The lowest BCUT2D eigenvalue weighted by molar-refractivity contribution is -0.422. The molecule has 0 spiro atoms. The van der Waals surface area contributed by atoms with Crippen molar-refractivity contribution in [1.82, 2.24) is 0 Å². The van der Waals surface area contributed by atoms with Crippen LogP contribution in [-0.2, 0) is 20.9 Å². The van der Waals surface area contributed by atoms with Crippen molar-refractivity contribution in [2.24, 2.45) is 0 Å². The fourth-order valence-corrected chi connectivity index (χ4v) is 6.82. The van der Waals surface area contributed by atoms with Crippen LogP contribution < -0.4 is 4.90 Å². The summed E-state index contributed by atoms with van der Waals surface area (Å²) in [6, 6.07) is 26.1. The van der Waals surface area contributed by atoms with Crippen LogP contribution in [0.1, 0.15) is 38.8 Å². The van der Waals surface area contributed by atoms with Gasteiger partial charge in [-0.15, -0.1) is 12.8 Å². The molecule has 0 aliphatic carbocycles. The van der Waals surface area contributed by atoms with Crippen molar-refractivity contribution in [2.45, 2.75) is 44.0 Å². The minimum atomic E-state index is -6.09. The first-order valence-corrected chi connectivity index (χ1v) is 16.2. The first-order chi connectivity index (χ1) is 22.1. The first kappa shape index (κ1) is 33.5. The van der Waals surface area contributed by atoms with E-state index >= 15 is 0 Å². The maximum Gasteiger partial charge on any atom is 0.485 e. The minimum Gasteiger partial charge on any atom is -0.741 e. The molecule has 0 N–H and O–H groups in total. The summed E-state index contributed by atoms with van der Waals surface area (Å²) in [5, 5.41) is 5.06. The second-order valence-corrected chi connectivity index (χ2v) is 13.8. The molecule has 4 aromatic rings. The third-order valence-corrected chi connectivity index (χ3v) is 9.37. The largest absolute Gasteiger partial charge is 0.741 e. The summed E-state index contributed by atoms with van der Waals surface area (Å²) in [5.41, 5.74) is 1.39. The molecule has 4 aromatic carbocycles. The summed E-state index contributed by atoms with van der Waals surface area (Å²) >= 11 is 0. The molecule has 0 saturated carbocycles. The molecule has 6 rings (SSSR count). The SMILES string of the molecule is C#CCN1C(=CC=CC2=[N+](CC#C)c3ccc4ccccc4c3C2(C)C)C(C)(C)c2c1ccc1ccccc21.O=S(=O)([O-])C(F)(F)F. The zero-order valence-corrected chi connectivity index (χ0v) is 27.2. The molecule has 0 amide bonds. The van der Waals surface area contributed by atoms with Gasteiger partial charge in [-0.3, -0.25) is 0 Å². The fourth-order valence-electron chi connectivity index (χ4n) is 6.82. The van der Waals surface area contributed by atoms with Crippen molar-refractivity contribution in [2.75, 3.05) is 18.0 Å². The van der Waals surface area contributed by atoms with Crippen LogP contribution in [0.15, 0.2) is 96.7 Å². The van der Waals surface area contributed by atoms with Gasteiger partial charge in [0.15, 0.2) is 15.8 Å². The van der Waals surface area contributed by atoms with Crippen LogP contribution in [0.5, 0.6) is 0 Å². The summed E-state index contributed by atoms with van der Waals surface area (Å²) in [7, 11) is -6.09. The second kappa shape index (κ2) is 12.1. The van der Waals surface area contributed by atoms with Crippen LogP contribution in [0.2, 0.25) is 0 Å². The molecule has 0 saturated heterocycles. The first-order valence-electron chi connectivity index (χ1n) is 14.8. The summed E-state index contributed by atoms with van der Waals surface area (Å²) in [6.07, 6.45) is 18.4. The van der Waals surface area contributed by atoms with E-state index in [1.54, 1.807) is 0 Å². The smallest absolute Gasteiger partial charge is 0.485 e. The average Bonchev–Trinajstić information content (AvgIpc) is 3.36. The third-order valence-electron chi connectivity index (χ3n) is 8.80. The summed E-state index contributed by atoms with van der Waals surface area (Å²) in [6.45, 7) is 10.2. The number of nitrogens with zero attached hydrogens (tertiary/aromatic N) is 2. The molecule has 2 heterocycles. The Morgan fingerprint density at radius 3 is 1.96 bits per heavy atom. The van der Waals surface area contributed by atoms with Gasteiger partial charge in [-0.1, -0.05) is 80.4 Å². The molecule has 9 heteroatoms. The van der Waals surface area contributed by atoms with Crippen LogP contribution in [0.3, 0.4) is 0 Å². The number of hydrogen-bond acceptors (Lipinski definition) is 4. The highest BCUT2D eigenvalue weighted by molar-refractivity contribution is 7.86. The number of hydrogen-bond donors (Lipinski definition) is 0. The lowest BCUT2D eigenvalue weighted by atomic mass is 9.79. The maximum atomic E-state index is 10.7. The van der Waals surface area contributed by atoms with Crippen LogP contribution >= 0.6 is 0 Å². The van der Waals surface area contributed by atoms with Gasteiger partial charge in [0, 0.05) is 34.5 Å². The standard InChI is InChI=1S/C37H33N2.CHF3O3S/c1-7-24-38-30-22-20-26-14-9-11-16-28(26)34(30)36(3,4)32(38)18-13-19-33-37(5,6)35-29-17-12-10-15-27(29)21-23-31(35)39(33)25-8-2;2-1(3,4)8(5,6)7/h1-2,9-23H,24-25H2,3-6H3;(H,5,6,7)/q+1;/p-1. The van der Waals surface area contributed by atoms with Gasteiger partial charge >= 0.3 is 5.51 Å². The number of anilines is 1. The number of benzene rings is 4. The predicted octanol–water partition coefficient (Wildman–Crippen LogP) is 7.92. The van der Waals surface area contributed by atoms with E-state index in [4.69, 9.17) is 25.8 Å². The number of alkyl halides is 3. The van der Waals surface area contributed by atoms with Crippen LogP contribution in [0.25, 0.3) is 21.5 Å². The van der Waals surface area contributed by atoms with Gasteiger partial charge in [0.25, 0.3) is 0 Å². The minimum absolute atomic E-state index is 0.203. The molecule has 2 aliphatic heterocycles. The van der Waals surface area contributed by atoms with Crippen molar-refractivity contribution in [3.63, 3.8) is 0 Å². The van der Waals surface area contributed by atoms with Crippen molar-refractivity contribution in [1.29, 1.82) is 0 Å². The van der Waals surface area contributed by atoms with Crippen LogP contribution in [0.4, 0.5) is 24.5 Å². The normalized spacial score (nSPS) is 17.4. The Morgan fingerprint density at radius 2 is 1.40 bits per heavy atom. The Bertz CT molecular complexity index is 2200. The van der Waals surface area contributed by atoms with Gasteiger partial charge < -0.3 is 9.45 Å². The Labute approximate surface area is 273 Å². The topological polar surface area (TPSA) is 63.5 Å². The van der Waals surface area contributed by atoms with E-state index in [2.05, 4.69) is 140 Å². The van der Waals surface area contributed by atoms with E-state index in [0.717, 1.165) is 0 Å². The van der Waals surface area contributed by atoms with Gasteiger partial charge in [-0.05, 0) is 65.1 Å². The monoisotopic (exact) mass is 654 g/mol. The average molecular weight is 655 g/mol. The van der Waals surface area contributed by atoms with E-state index in [0.29, 0.717) is 13.1 Å². The predicted molar refractivity (Wildman–Crippen MR) is 182 cm³/mol. The molecular weight excluding hydrogens is 621 g/mol. The molecule has 0 bridgehead atoms. The van der Waals surface area contributed by atoms with Crippen molar-refractivity contribution in [3.05, 3.63) is 108 Å². The van der Waals surface area contributed by atoms with Gasteiger partial charge in [-0.25, -0.2) is 8.42 Å². The molecule has 0 atom stereocenters. The zero-order valence-electron chi connectivity index (χ0n) is 26.4. The van der Waals surface area contributed by atoms with E-state index in [1.165, 1.54) is 55.5 Å². The van der Waals surface area contributed by atoms with Crippen molar-refractivity contribution < 1.29 is 30.7 Å². The molecule has 2 aliphatic rings. The van der Waals surface area contributed by atoms with E-state index in [-0.39, 0.29) is 10.8 Å². The molecular formula is C38H33F3N2O3S. The summed E-state index contributed by atoms with van der Waals surface area (Å²) in [5.74, 6) is 5.78. The summed E-state index contributed by atoms with van der Waals surface area (Å²) < 4.78 is 61.2. The maximum absolute atomic E-state index is 10.7. The Kier molecular flexibility index (Phi) is 8.62. The molecule has 0 radical (unpaired) electrons. The lowest BCUT2D eigenvalue weighted by Crippen LogP contribution is -2.28.